The summed E-state index contributed by atoms with van der Waals surface area (Å²) in [6, 6.07) is 11.6. The zero-order chi connectivity index (χ0) is 20.4. The maximum absolute atomic E-state index is 11.0. The third-order valence-electron chi connectivity index (χ3n) is 4.53. The summed E-state index contributed by atoms with van der Waals surface area (Å²) in [5, 5.41) is 11.0. The Kier molecular flexibility index (Phi) is 5.17. The lowest BCUT2D eigenvalue weighted by Gasteiger charge is -2.18. The number of phenolic OH excluding ortho intramolecular Hbond substituents is 1. The van der Waals surface area contributed by atoms with Crippen molar-refractivity contribution < 1.29 is 9.84 Å². The van der Waals surface area contributed by atoms with Gasteiger partial charge in [-0.2, -0.15) is 4.99 Å². The van der Waals surface area contributed by atoms with Crippen molar-refractivity contribution >= 4 is 11.9 Å². The summed E-state index contributed by atoms with van der Waals surface area (Å²) >= 11 is 0. The summed E-state index contributed by atoms with van der Waals surface area (Å²) in [5.41, 5.74) is 16.0. The van der Waals surface area contributed by atoms with Crippen LogP contribution in [0.5, 0.6) is 11.5 Å². The summed E-state index contributed by atoms with van der Waals surface area (Å²) in [6.45, 7) is 5.55. The minimum absolute atomic E-state index is 0.0998. The molecule has 0 saturated heterocycles. The van der Waals surface area contributed by atoms with E-state index in [2.05, 4.69) is 15.0 Å². The van der Waals surface area contributed by atoms with Crippen molar-refractivity contribution in [2.75, 3.05) is 7.11 Å². The number of rotatable bonds is 4. The molecular formula is C21H23N5O2. The second-order valence-electron chi connectivity index (χ2n) is 6.48. The molecule has 0 aliphatic heterocycles. The highest BCUT2D eigenvalue weighted by Crippen LogP contribution is 2.43. The van der Waals surface area contributed by atoms with Crippen LogP contribution in [0.1, 0.15) is 16.8 Å². The Morgan fingerprint density at radius 3 is 2.32 bits per heavy atom. The van der Waals surface area contributed by atoms with Crippen molar-refractivity contribution in [2.24, 2.45) is 16.5 Å². The smallest absolute Gasteiger partial charge is 0.253 e. The quantitative estimate of drug-likeness (QED) is 0.474. The van der Waals surface area contributed by atoms with Gasteiger partial charge in [0, 0.05) is 16.7 Å². The molecule has 7 nitrogen and oxygen atoms in total. The Balaban J connectivity index is 2.41. The standard InChI is InChI=1S/C21H23N5O2/c1-11-10-15(28-4)12(2)19(27)16(11)18-17(14-8-6-5-7-9-14)13(3)24-21(25-18)26-20(22)23/h5-10,27H,1-4H3,(H4,22,23,24,25,26). The van der Waals surface area contributed by atoms with Gasteiger partial charge in [0.2, 0.25) is 0 Å². The number of hydrogen-bond acceptors (Lipinski definition) is 5. The van der Waals surface area contributed by atoms with Crippen LogP contribution in [0.2, 0.25) is 0 Å². The third-order valence-corrected chi connectivity index (χ3v) is 4.53. The summed E-state index contributed by atoms with van der Waals surface area (Å²) in [6.07, 6.45) is 0. The molecule has 28 heavy (non-hydrogen) atoms. The van der Waals surface area contributed by atoms with E-state index < -0.39 is 0 Å². The van der Waals surface area contributed by atoms with E-state index in [0.29, 0.717) is 28.3 Å². The van der Waals surface area contributed by atoms with Crippen LogP contribution >= 0.6 is 0 Å². The first-order valence-electron chi connectivity index (χ1n) is 8.74. The molecule has 0 saturated carbocycles. The maximum atomic E-state index is 11.0. The number of benzene rings is 2. The largest absolute Gasteiger partial charge is 0.507 e. The molecule has 7 heteroatoms. The Morgan fingerprint density at radius 1 is 1.04 bits per heavy atom. The van der Waals surface area contributed by atoms with Crippen molar-refractivity contribution in [1.29, 1.82) is 0 Å². The molecule has 144 valence electrons. The summed E-state index contributed by atoms with van der Waals surface area (Å²) < 4.78 is 5.36. The number of nitrogens with two attached hydrogens (primary N) is 2. The van der Waals surface area contributed by atoms with Crippen LogP contribution in [0.3, 0.4) is 0 Å². The molecule has 3 aromatic rings. The normalized spacial score (nSPS) is 10.6. The highest BCUT2D eigenvalue weighted by atomic mass is 16.5. The number of hydrogen-bond donors (Lipinski definition) is 3. The highest BCUT2D eigenvalue weighted by Gasteiger charge is 2.22. The van der Waals surface area contributed by atoms with Crippen molar-refractivity contribution in [3.63, 3.8) is 0 Å². The lowest BCUT2D eigenvalue weighted by molar-refractivity contribution is 0.403. The number of aliphatic imine (C=N–C) groups is 1. The zero-order valence-corrected chi connectivity index (χ0v) is 16.3. The van der Waals surface area contributed by atoms with Crippen LogP contribution in [0.15, 0.2) is 41.4 Å². The number of aryl methyl sites for hydroxylation is 2. The molecule has 1 aromatic heterocycles. The molecule has 0 amide bonds. The molecule has 0 spiro atoms. The topological polar surface area (TPSA) is 120 Å². The van der Waals surface area contributed by atoms with E-state index in [9.17, 15) is 5.11 Å². The van der Waals surface area contributed by atoms with E-state index in [0.717, 1.165) is 16.7 Å². The van der Waals surface area contributed by atoms with Gasteiger partial charge >= 0.3 is 0 Å². The SMILES string of the molecule is COc1cc(C)c(-c2nc(N=C(N)N)nc(C)c2-c2ccccc2)c(O)c1C. The number of guanidine groups is 1. The molecule has 0 aliphatic carbocycles. The second kappa shape index (κ2) is 7.56. The minimum atomic E-state index is -0.135. The molecular weight excluding hydrogens is 354 g/mol. The van der Waals surface area contributed by atoms with Gasteiger partial charge < -0.3 is 21.3 Å². The van der Waals surface area contributed by atoms with Crippen LogP contribution in [0, 0.1) is 20.8 Å². The van der Waals surface area contributed by atoms with Gasteiger partial charge in [-0.05, 0) is 38.0 Å². The van der Waals surface area contributed by atoms with E-state index in [-0.39, 0.29) is 17.7 Å². The molecule has 0 aliphatic rings. The minimum Gasteiger partial charge on any atom is -0.507 e. The summed E-state index contributed by atoms with van der Waals surface area (Å²) in [4.78, 5) is 13.0. The van der Waals surface area contributed by atoms with Crippen LogP contribution in [0.25, 0.3) is 22.4 Å². The lowest BCUT2D eigenvalue weighted by Crippen LogP contribution is -2.22. The van der Waals surface area contributed by atoms with Gasteiger partial charge in [0.05, 0.1) is 18.5 Å². The number of phenols is 1. The monoisotopic (exact) mass is 377 g/mol. The number of nitrogens with zero attached hydrogens (tertiary/aromatic N) is 3. The maximum Gasteiger partial charge on any atom is 0.253 e. The van der Waals surface area contributed by atoms with Crippen molar-refractivity contribution in [2.45, 2.75) is 20.8 Å². The zero-order valence-electron chi connectivity index (χ0n) is 16.3. The van der Waals surface area contributed by atoms with Crippen molar-refractivity contribution in [3.8, 4) is 33.9 Å². The van der Waals surface area contributed by atoms with Gasteiger partial charge in [-0.3, -0.25) is 0 Å². The predicted octanol–water partition coefficient (Wildman–Crippen LogP) is 3.35. The first kappa shape index (κ1) is 19.2. The average molecular weight is 377 g/mol. The molecule has 0 radical (unpaired) electrons. The van der Waals surface area contributed by atoms with Crippen LogP contribution in [0.4, 0.5) is 5.95 Å². The van der Waals surface area contributed by atoms with Crippen LogP contribution in [-0.2, 0) is 0 Å². The van der Waals surface area contributed by atoms with Gasteiger partial charge in [-0.15, -0.1) is 0 Å². The molecule has 2 aromatic carbocycles. The molecule has 3 rings (SSSR count). The number of aromatic hydroxyl groups is 1. The fourth-order valence-corrected chi connectivity index (χ4v) is 3.23. The molecule has 1 heterocycles. The van der Waals surface area contributed by atoms with Gasteiger partial charge in [0.25, 0.3) is 5.95 Å². The van der Waals surface area contributed by atoms with Gasteiger partial charge in [-0.25, -0.2) is 9.97 Å². The summed E-state index contributed by atoms with van der Waals surface area (Å²) in [5.74, 6) is 0.710. The van der Waals surface area contributed by atoms with E-state index in [1.807, 2.05) is 50.2 Å². The van der Waals surface area contributed by atoms with E-state index in [1.54, 1.807) is 14.0 Å². The number of aromatic nitrogens is 2. The Hall–Kier alpha value is -3.61. The van der Waals surface area contributed by atoms with E-state index in [4.69, 9.17) is 16.2 Å². The molecule has 0 atom stereocenters. The first-order valence-corrected chi connectivity index (χ1v) is 8.74. The number of ether oxygens (including phenoxy) is 1. The Labute approximate surface area is 163 Å². The van der Waals surface area contributed by atoms with Crippen molar-refractivity contribution in [1.82, 2.24) is 9.97 Å². The van der Waals surface area contributed by atoms with Gasteiger partial charge in [0.1, 0.15) is 11.5 Å². The average Bonchev–Trinajstić information content (AvgIpc) is 2.64. The van der Waals surface area contributed by atoms with Crippen LogP contribution < -0.4 is 16.2 Å². The van der Waals surface area contributed by atoms with E-state index in [1.165, 1.54) is 0 Å². The van der Waals surface area contributed by atoms with Gasteiger partial charge in [-0.1, -0.05) is 30.3 Å². The molecule has 0 bridgehead atoms. The number of methoxy groups -OCH3 is 1. The van der Waals surface area contributed by atoms with E-state index >= 15 is 0 Å². The van der Waals surface area contributed by atoms with Crippen LogP contribution in [-0.4, -0.2) is 28.1 Å². The molecule has 0 fully saturated rings. The highest BCUT2D eigenvalue weighted by molar-refractivity contribution is 5.88. The fourth-order valence-electron chi connectivity index (χ4n) is 3.23. The third kappa shape index (κ3) is 3.46. The van der Waals surface area contributed by atoms with Crippen molar-refractivity contribution in [3.05, 3.63) is 53.2 Å². The van der Waals surface area contributed by atoms with Gasteiger partial charge in [0.15, 0.2) is 5.96 Å². The summed E-state index contributed by atoms with van der Waals surface area (Å²) in [7, 11) is 1.57. The second-order valence-corrected chi connectivity index (χ2v) is 6.48. The lowest BCUT2D eigenvalue weighted by atomic mass is 9.93. The fraction of sp³-hybridized carbons (Fsp3) is 0.190. The first-order chi connectivity index (χ1) is 13.3. The Morgan fingerprint density at radius 2 is 1.71 bits per heavy atom. The Bertz CT molecular complexity index is 1060. The molecule has 5 N–H and O–H groups in total. The molecule has 0 unspecified atom stereocenters. The predicted molar refractivity (Wildman–Crippen MR) is 111 cm³/mol.